The molecule has 0 atom stereocenters. The normalized spacial score (nSPS) is 12.1. The lowest BCUT2D eigenvalue weighted by Gasteiger charge is -2.18. The van der Waals surface area contributed by atoms with Gasteiger partial charge in [0.1, 0.15) is 17.2 Å². The maximum Gasteiger partial charge on any atom is 0.194 e. The summed E-state index contributed by atoms with van der Waals surface area (Å²) in [6, 6.07) is 9.20. The second-order valence-electron chi connectivity index (χ2n) is 6.49. The van der Waals surface area contributed by atoms with Gasteiger partial charge in [0, 0.05) is 34.9 Å². The summed E-state index contributed by atoms with van der Waals surface area (Å²) in [5, 5.41) is 0. The standard InChI is InChI=1S/C22H27NO4/c1-5-23(6-2)11-8-12-27-18-10-7-9-16-20(18)21-17(22(16)24)13-15(25-3)14-19(21)26-4/h7,9-10,13-14H,5-6,8,11-12H2,1-4H3. The number of carbonyl (C=O) groups excluding carboxylic acids is 1. The van der Waals surface area contributed by atoms with Crippen molar-refractivity contribution in [2.24, 2.45) is 0 Å². The Labute approximate surface area is 160 Å². The lowest BCUT2D eigenvalue weighted by Crippen LogP contribution is -2.25. The van der Waals surface area contributed by atoms with Gasteiger partial charge in [-0.05, 0) is 31.6 Å². The molecule has 0 amide bonds. The van der Waals surface area contributed by atoms with Gasteiger partial charge in [-0.2, -0.15) is 0 Å². The molecule has 1 aliphatic carbocycles. The molecule has 144 valence electrons. The van der Waals surface area contributed by atoms with E-state index in [1.54, 1.807) is 26.4 Å². The highest BCUT2D eigenvalue weighted by Crippen LogP contribution is 2.48. The van der Waals surface area contributed by atoms with Crippen molar-refractivity contribution in [2.75, 3.05) is 40.5 Å². The number of hydrogen-bond acceptors (Lipinski definition) is 5. The summed E-state index contributed by atoms with van der Waals surface area (Å²) in [5.41, 5.74) is 2.86. The van der Waals surface area contributed by atoms with Gasteiger partial charge < -0.3 is 19.1 Å². The number of ether oxygens (including phenoxy) is 3. The van der Waals surface area contributed by atoms with Crippen molar-refractivity contribution in [3.63, 3.8) is 0 Å². The minimum Gasteiger partial charge on any atom is -0.497 e. The fraction of sp³-hybridized carbons (Fsp3) is 0.409. The Hall–Kier alpha value is -2.53. The first-order chi connectivity index (χ1) is 13.1. The fourth-order valence-corrected chi connectivity index (χ4v) is 3.56. The lowest BCUT2D eigenvalue weighted by molar-refractivity contribution is 0.104. The van der Waals surface area contributed by atoms with Crippen LogP contribution in [-0.4, -0.2) is 51.1 Å². The Balaban J connectivity index is 1.89. The average Bonchev–Trinajstić information content (AvgIpc) is 3.00. The van der Waals surface area contributed by atoms with Crippen LogP contribution in [0, 0.1) is 0 Å². The summed E-state index contributed by atoms with van der Waals surface area (Å²) in [5.74, 6) is 1.93. The average molecular weight is 369 g/mol. The summed E-state index contributed by atoms with van der Waals surface area (Å²) in [4.78, 5) is 15.3. The molecular formula is C22H27NO4. The van der Waals surface area contributed by atoms with E-state index < -0.39 is 0 Å². The van der Waals surface area contributed by atoms with E-state index in [0.29, 0.717) is 29.2 Å². The van der Waals surface area contributed by atoms with Crippen molar-refractivity contribution >= 4 is 5.78 Å². The molecule has 0 fully saturated rings. The van der Waals surface area contributed by atoms with Gasteiger partial charge in [0.05, 0.1) is 20.8 Å². The Morgan fingerprint density at radius 2 is 1.67 bits per heavy atom. The van der Waals surface area contributed by atoms with Crippen molar-refractivity contribution < 1.29 is 19.0 Å². The quantitative estimate of drug-likeness (QED) is 0.533. The van der Waals surface area contributed by atoms with E-state index in [4.69, 9.17) is 14.2 Å². The first kappa shape index (κ1) is 19.2. The third-order valence-corrected chi connectivity index (χ3v) is 5.07. The smallest absolute Gasteiger partial charge is 0.194 e. The van der Waals surface area contributed by atoms with Gasteiger partial charge >= 0.3 is 0 Å². The van der Waals surface area contributed by atoms with Gasteiger partial charge in [0.15, 0.2) is 5.78 Å². The van der Waals surface area contributed by atoms with Gasteiger partial charge in [0.25, 0.3) is 0 Å². The van der Waals surface area contributed by atoms with Gasteiger partial charge in [0.2, 0.25) is 0 Å². The maximum absolute atomic E-state index is 12.9. The Kier molecular flexibility index (Phi) is 6.01. The molecule has 1 aliphatic rings. The zero-order chi connectivity index (χ0) is 19.4. The molecule has 0 aromatic heterocycles. The lowest BCUT2D eigenvalue weighted by atomic mass is 10.0. The number of carbonyl (C=O) groups is 1. The van der Waals surface area contributed by atoms with E-state index in [9.17, 15) is 4.79 Å². The molecule has 2 aromatic rings. The maximum atomic E-state index is 12.9. The minimum atomic E-state index is -0.0224. The van der Waals surface area contributed by atoms with Gasteiger partial charge in [-0.25, -0.2) is 0 Å². The van der Waals surface area contributed by atoms with Crippen molar-refractivity contribution in [2.45, 2.75) is 20.3 Å². The molecular weight excluding hydrogens is 342 g/mol. The highest BCUT2D eigenvalue weighted by molar-refractivity contribution is 6.23. The molecule has 5 nitrogen and oxygen atoms in total. The summed E-state index contributed by atoms with van der Waals surface area (Å²) >= 11 is 0. The number of hydrogen-bond donors (Lipinski definition) is 0. The predicted octanol–water partition coefficient (Wildman–Crippen LogP) is 4.03. The zero-order valence-corrected chi connectivity index (χ0v) is 16.5. The van der Waals surface area contributed by atoms with E-state index in [1.807, 2.05) is 18.2 Å². The number of methoxy groups -OCH3 is 2. The molecule has 3 rings (SSSR count). The van der Waals surface area contributed by atoms with E-state index >= 15 is 0 Å². The summed E-state index contributed by atoms with van der Waals surface area (Å²) in [6.07, 6.45) is 0.936. The van der Waals surface area contributed by atoms with Crippen LogP contribution in [0.25, 0.3) is 11.1 Å². The second kappa shape index (κ2) is 8.44. The van der Waals surface area contributed by atoms with Crippen molar-refractivity contribution in [3.05, 3.63) is 41.5 Å². The number of fused-ring (bicyclic) bond motifs is 3. The monoisotopic (exact) mass is 369 g/mol. The summed E-state index contributed by atoms with van der Waals surface area (Å²) < 4.78 is 16.9. The molecule has 0 unspecified atom stereocenters. The van der Waals surface area contributed by atoms with Crippen molar-refractivity contribution in [1.82, 2.24) is 4.90 Å². The Morgan fingerprint density at radius 3 is 2.33 bits per heavy atom. The molecule has 5 heteroatoms. The molecule has 0 heterocycles. The summed E-state index contributed by atoms with van der Waals surface area (Å²) in [7, 11) is 3.18. The van der Waals surface area contributed by atoms with Crippen LogP contribution in [0.1, 0.15) is 36.2 Å². The molecule has 0 aliphatic heterocycles. The topological polar surface area (TPSA) is 48.0 Å². The zero-order valence-electron chi connectivity index (χ0n) is 16.5. The number of rotatable bonds is 9. The molecule has 0 spiro atoms. The van der Waals surface area contributed by atoms with Crippen LogP contribution >= 0.6 is 0 Å². The second-order valence-corrected chi connectivity index (χ2v) is 6.49. The fourth-order valence-electron chi connectivity index (χ4n) is 3.56. The van der Waals surface area contributed by atoms with Crippen LogP contribution in [0.2, 0.25) is 0 Å². The largest absolute Gasteiger partial charge is 0.497 e. The van der Waals surface area contributed by atoms with Crippen LogP contribution < -0.4 is 14.2 Å². The van der Waals surface area contributed by atoms with Gasteiger partial charge in [-0.1, -0.05) is 26.0 Å². The predicted molar refractivity (Wildman–Crippen MR) is 106 cm³/mol. The van der Waals surface area contributed by atoms with Crippen LogP contribution in [0.15, 0.2) is 30.3 Å². The van der Waals surface area contributed by atoms with Gasteiger partial charge in [-0.3, -0.25) is 4.79 Å². The van der Waals surface area contributed by atoms with E-state index in [-0.39, 0.29) is 5.78 Å². The van der Waals surface area contributed by atoms with Crippen molar-refractivity contribution in [3.8, 4) is 28.4 Å². The molecule has 0 saturated carbocycles. The molecule has 27 heavy (non-hydrogen) atoms. The number of benzene rings is 2. The first-order valence-corrected chi connectivity index (χ1v) is 9.43. The van der Waals surface area contributed by atoms with E-state index in [2.05, 4.69) is 18.7 Å². The van der Waals surface area contributed by atoms with Crippen LogP contribution in [-0.2, 0) is 0 Å². The third-order valence-electron chi connectivity index (χ3n) is 5.07. The Bertz CT molecular complexity index is 827. The molecule has 0 saturated heterocycles. The SMILES string of the molecule is CCN(CC)CCCOc1cccc2c1-c1c(OC)cc(OC)cc1C2=O. The molecule has 0 N–H and O–H groups in total. The van der Waals surface area contributed by atoms with E-state index in [1.165, 1.54) is 0 Å². The van der Waals surface area contributed by atoms with Crippen LogP contribution in [0.4, 0.5) is 0 Å². The van der Waals surface area contributed by atoms with Crippen LogP contribution in [0.3, 0.4) is 0 Å². The summed E-state index contributed by atoms with van der Waals surface area (Å²) in [6.45, 7) is 8.01. The Morgan fingerprint density at radius 1 is 0.926 bits per heavy atom. The highest BCUT2D eigenvalue weighted by atomic mass is 16.5. The first-order valence-electron chi connectivity index (χ1n) is 9.43. The molecule has 0 bridgehead atoms. The highest BCUT2D eigenvalue weighted by Gasteiger charge is 2.33. The third kappa shape index (κ3) is 3.65. The molecule has 2 aromatic carbocycles. The molecule has 0 radical (unpaired) electrons. The number of ketones is 1. The minimum absolute atomic E-state index is 0.0224. The van der Waals surface area contributed by atoms with E-state index in [0.717, 1.165) is 42.9 Å². The van der Waals surface area contributed by atoms with Crippen molar-refractivity contribution in [1.29, 1.82) is 0 Å². The van der Waals surface area contributed by atoms with Crippen LogP contribution in [0.5, 0.6) is 17.2 Å². The van der Waals surface area contributed by atoms with Gasteiger partial charge in [-0.15, -0.1) is 0 Å². The number of nitrogens with zero attached hydrogens (tertiary/aromatic N) is 1.